The van der Waals surface area contributed by atoms with Gasteiger partial charge < -0.3 is 9.64 Å². The van der Waals surface area contributed by atoms with Crippen molar-refractivity contribution in [3.63, 3.8) is 0 Å². The summed E-state index contributed by atoms with van der Waals surface area (Å²) in [6.45, 7) is -2.15. The molecule has 0 radical (unpaired) electrons. The van der Waals surface area contributed by atoms with E-state index in [1.165, 1.54) is 0 Å². The van der Waals surface area contributed by atoms with Crippen LogP contribution in [0.4, 0.5) is 0 Å². The third kappa shape index (κ3) is 2.62. The molecule has 4 rings (SSSR count). The number of fused-ring (bicyclic) bond motifs is 1. The smallest absolute Gasteiger partial charge is 0.330 e. The van der Waals surface area contributed by atoms with E-state index in [0.29, 0.717) is 15.1 Å². The largest absolute Gasteiger partial charge is 0.459 e. The summed E-state index contributed by atoms with van der Waals surface area (Å²) >= 11 is 0. The molecule has 2 aromatic rings. The molecule has 9 nitrogen and oxygen atoms in total. The van der Waals surface area contributed by atoms with E-state index in [1.807, 2.05) is 0 Å². The Hall–Kier alpha value is -2.75. The van der Waals surface area contributed by atoms with Gasteiger partial charge in [-0.25, -0.2) is 13.2 Å². The van der Waals surface area contributed by atoms with Gasteiger partial charge in [-0.2, -0.15) is 0 Å². The molecular weight excluding hydrogens is 372 g/mol. The van der Waals surface area contributed by atoms with Gasteiger partial charge in [-0.15, -0.1) is 5.10 Å². The van der Waals surface area contributed by atoms with Crippen LogP contribution < -0.4 is 0 Å². The number of ether oxygens (including phenoxy) is 1. The molecular formula is C17H18N4O5S. The lowest BCUT2D eigenvalue weighted by Crippen LogP contribution is -2.58. The Morgan fingerprint density at radius 1 is 1.44 bits per heavy atom. The van der Waals surface area contributed by atoms with Crippen molar-refractivity contribution in [2.45, 2.75) is 42.6 Å². The van der Waals surface area contributed by atoms with Crippen molar-refractivity contribution in [2.75, 3.05) is 0 Å². The van der Waals surface area contributed by atoms with Crippen LogP contribution in [-0.4, -0.2) is 56.4 Å². The first-order valence-corrected chi connectivity index (χ1v) is 9.56. The summed E-state index contributed by atoms with van der Waals surface area (Å²) in [7, 11) is -4.76. The zero-order valence-corrected chi connectivity index (χ0v) is 15.0. The maximum absolute atomic E-state index is 13.4. The van der Waals surface area contributed by atoms with E-state index in [2.05, 4.69) is 10.3 Å². The molecule has 142 valence electrons. The maximum atomic E-state index is 13.4. The zero-order chi connectivity index (χ0) is 22.8. The summed E-state index contributed by atoms with van der Waals surface area (Å²) in [6.07, 6.45) is -0.586. The van der Waals surface area contributed by atoms with Gasteiger partial charge in [0.05, 0.1) is 21.8 Å². The standard InChI is InChI=1S/C17H18N4O5S/c1-17(11-20-8-7-18-19-20)15(21-13(22)9-14(21)27(17,24)25)16(23)26-10-12-5-3-2-4-6-12/h2-8,14-15H,9-11H2,1H3/t14-,15+,17+/m1/s1/i9D2,11D2. The molecule has 0 bridgehead atoms. The number of amides is 1. The van der Waals surface area contributed by atoms with E-state index < -0.39 is 50.7 Å². The van der Waals surface area contributed by atoms with Crippen molar-refractivity contribution in [2.24, 2.45) is 0 Å². The fourth-order valence-electron chi connectivity index (χ4n) is 3.19. The second-order valence-corrected chi connectivity index (χ2v) is 8.70. The Morgan fingerprint density at radius 2 is 2.19 bits per heavy atom. The minimum absolute atomic E-state index is 0.238. The molecule has 2 aliphatic heterocycles. The second kappa shape index (κ2) is 6.15. The third-order valence-corrected chi connectivity index (χ3v) is 7.05. The van der Waals surface area contributed by atoms with Crippen molar-refractivity contribution in [3.8, 4) is 0 Å². The van der Waals surface area contributed by atoms with Gasteiger partial charge in [-0.1, -0.05) is 35.5 Å². The molecule has 3 atom stereocenters. The summed E-state index contributed by atoms with van der Waals surface area (Å²) < 4.78 is 62.9. The summed E-state index contributed by atoms with van der Waals surface area (Å²) in [4.78, 5) is 26.1. The average molecular weight is 394 g/mol. The molecule has 2 saturated heterocycles. The van der Waals surface area contributed by atoms with Crippen molar-refractivity contribution in [3.05, 3.63) is 48.3 Å². The number of esters is 1. The van der Waals surface area contributed by atoms with E-state index in [9.17, 15) is 18.0 Å². The van der Waals surface area contributed by atoms with Crippen LogP contribution in [0, 0.1) is 0 Å². The third-order valence-electron chi connectivity index (χ3n) is 4.63. The van der Waals surface area contributed by atoms with Crippen LogP contribution >= 0.6 is 0 Å². The lowest BCUT2D eigenvalue weighted by molar-refractivity contribution is -0.162. The highest BCUT2D eigenvalue weighted by Gasteiger charge is 2.70. The van der Waals surface area contributed by atoms with Gasteiger partial charge in [-0.3, -0.25) is 9.48 Å². The van der Waals surface area contributed by atoms with Crippen LogP contribution in [0.2, 0.25) is 0 Å². The number of nitrogens with zero attached hydrogens (tertiary/aromatic N) is 4. The number of carbonyl (C=O) groups excluding carboxylic acids is 2. The van der Waals surface area contributed by atoms with Crippen molar-refractivity contribution < 1.29 is 28.2 Å². The first kappa shape index (κ1) is 13.4. The minimum Gasteiger partial charge on any atom is -0.459 e. The number of β-lactam (4-membered cyclic amide) rings is 1. The van der Waals surface area contributed by atoms with Gasteiger partial charge in [0, 0.05) is 8.94 Å². The molecule has 2 fully saturated rings. The van der Waals surface area contributed by atoms with Crippen LogP contribution in [0.3, 0.4) is 0 Å². The van der Waals surface area contributed by atoms with Gasteiger partial charge >= 0.3 is 5.97 Å². The first-order chi connectivity index (χ1) is 14.4. The summed E-state index contributed by atoms with van der Waals surface area (Å²) in [5.41, 5.74) is 0.597. The topological polar surface area (TPSA) is 111 Å². The number of benzene rings is 1. The molecule has 2 aliphatic rings. The molecule has 0 aliphatic carbocycles. The van der Waals surface area contributed by atoms with Gasteiger partial charge in [0.2, 0.25) is 5.91 Å². The van der Waals surface area contributed by atoms with Crippen molar-refractivity contribution in [1.29, 1.82) is 0 Å². The fourth-order valence-corrected chi connectivity index (χ4v) is 5.17. The molecule has 0 saturated carbocycles. The molecule has 1 aromatic carbocycles. The molecule has 1 aromatic heterocycles. The average Bonchev–Trinajstić information content (AvgIpc) is 3.32. The number of aromatic nitrogens is 3. The monoisotopic (exact) mass is 394 g/mol. The fraction of sp³-hybridized carbons (Fsp3) is 0.412. The zero-order valence-electron chi connectivity index (χ0n) is 18.1. The molecule has 10 heteroatoms. The van der Waals surface area contributed by atoms with Crippen LogP contribution in [0.5, 0.6) is 0 Å². The molecule has 0 unspecified atom stereocenters. The molecule has 0 spiro atoms. The van der Waals surface area contributed by atoms with E-state index >= 15 is 0 Å². The van der Waals surface area contributed by atoms with Crippen LogP contribution in [0.15, 0.2) is 42.7 Å². The lowest BCUT2D eigenvalue weighted by atomic mass is 9.96. The number of carbonyl (C=O) groups is 2. The van der Waals surface area contributed by atoms with Crippen LogP contribution in [-0.2, 0) is 37.3 Å². The number of sulfone groups is 1. The minimum atomic E-state index is -4.76. The van der Waals surface area contributed by atoms with E-state index in [0.717, 1.165) is 19.3 Å². The predicted octanol–water partition coefficient (Wildman–Crippen LogP) is 0.136. The van der Waals surface area contributed by atoms with Gasteiger partial charge in [-0.05, 0) is 12.5 Å². The summed E-state index contributed by atoms with van der Waals surface area (Å²) in [5.74, 6) is -2.38. The predicted molar refractivity (Wildman–Crippen MR) is 92.6 cm³/mol. The highest BCUT2D eigenvalue weighted by molar-refractivity contribution is 7.93. The van der Waals surface area contributed by atoms with Crippen molar-refractivity contribution in [1.82, 2.24) is 19.9 Å². The normalized spacial score (nSPS) is 33.1. The van der Waals surface area contributed by atoms with E-state index in [1.54, 1.807) is 30.3 Å². The summed E-state index contributed by atoms with van der Waals surface area (Å²) in [5, 5.41) is 5.00. The molecule has 1 amide bonds. The SMILES string of the molecule is [2H]C1([2H])C(=O)N2[C@@H](C(=O)OCc3ccccc3)[C@](C)(C([2H])([2H])n3ccnn3)S(=O)(=O)[C@@H]21. The van der Waals surface area contributed by atoms with E-state index in [-0.39, 0.29) is 6.61 Å². The number of hydrogen-bond donors (Lipinski definition) is 0. The Morgan fingerprint density at radius 3 is 2.85 bits per heavy atom. The molecule has 3 heterocycles. The van der Waals surface area contributed by atoms with Gasteiger partial charge in [0.1, 0.15) is 16.7 Å². The Balaban J connectivity index is 1.80. The first-order valence-electron chi connectivity index (χ1n) is 10.0. The highest BCUT2D eigenvalue weighted by atomic mass is 32.2. The molecule has 0 N–H and O–H groups in total. The maximum Gasteiger partial charge on any atom is 0.330 e. The van der Waals surface area contributed by atoms with Gasteiger partial charge in [0.15, 0.2) is 15.9 Å². The summed E-state index contributed by atoms with van der Waals surface area (Å²) in [6, 6.07) is 6.58. The highest BCUT2D eigenvalue weighted by Crippen LogP contribution is 2.47. The number of rotatable bonds is 5. The van der Waals surface area contributed by atoms with Crippen LogP contribution in [0.25, 0.3) is 0 Å². The second-order valence-electron chi connectivity index (χ2n) is 6.32. The number of hydrogen-bond acceptors (Lipinski definition) is 7. The lowest BCUT2D eigenvalue weighted by Gasteiger charge is -2.36. The van der Waals surface area contributed by atoms with Crippen LogP contribution in [0.1, 0.15) is 24.3 Å². The van der Waals surface area contributed by atoms with Gasteiger partial charge in [0.25, 0.3) is 0 Å². The Bertz CT molecular complexity index is 1140. The van der Waals surface area contributed by atoms with Crippen molar-refractivity contribution >= 4 is 21.7 Å². The van der Waals surface area contributed by atoms with E-state index in [4.69, 9.17) is 10.2 Å². The Kier molecular flexibility index (Phi) is 3.06. The molecule has 27 heavy (non-hydrogen) atoms. The quantitative estimate of drug-likeness (QED) is 0.524. The Labute approximate surface area is 161 Å².